The smallest absolute Gasteiger partial charge is 0.00966 e. The van der Waals surface area contributed by atoms with E-state index < -0.39 is 0 Å². The van der Waals surface area contributed by atoms with Crippen molar-refractivity contribution in [1.82, 2.24) is 5.32 Å². The third kappa shape index (κ3) is 11.7. The molecule has 0 heterocycles. The van der Waals surface area contributed by atoms with E-state index in [2.05, 4.69) is 59.0 Å². The Kier molecular flexibility index (Phi) is 4.69. The quantitative estimate of drug-likeness (QED) is 0.522. The van der Waals surface area contributed by atoms with E-state index in [1.165, 1.54) is 0 Å². The zero-order valence-electron chi connectivity index (χ0n) is 10.1. The van der Waals surface area contributed by atoms with Crippen LogP contribution in [-0.2, 0) is 0 Å². The summed E-state index contributed by atoms with van der Waals surface area (Å²) in [6, 6.07) is 0. The Labute approximate surface area is 83.6 Å². The van der Waals surface area contributed by atoms with E-state index in [9.17, 15) is 0 Å². The van der Waals surface area contributed by atoms with Crippen LogP contribution < -0.4 is 5.32 Å². The van der Waals surface area contributed by atoms with Crippen LogP contribution in [0.15, 0.2) is 12.2 Å². The summed E-state index contributed by atoms with van der Waals surface area (Å²) in [5, 5.41) is 3.46. The highest BCUT2D eigenvalue weighted by Crippen LogP contribution is 2.14. The Morgan fingerprint density at radius 1 is 1.00 bits per heavy atom. The van der Waals surface area contributed by atoms with E-state index in [0.29, 0.717) is 5.41 Å². The second-order valence-electron chi connectivity index (χ2n) is 5.73. The molecule has 0 bridgehead atoms. The molecule has 0 fully saturated rings. The van der Waals surface area contributed by atoms with Crippen molar-refractivity contribution in [1.29, 1.82) is 0 Å². The second-order valence-corrected chi connectivity index (χ2v) is 5.73. The van der Waals surface area contributed by atoms with Gasteiger partial charge in [-0.25, -0.2) is 0 Å². The molecule has 0 aliphatic rings. The van der Waals surface area contributed by atoms with E-state index in [-0.39, 0.29) is 5.54 Å². The molecule has 0 aliphatic heterocycles. The van der Waals surface area contributed by atoms with Gasteiger partial charge in [-0.1, -0.05) is 32.9 Å². The van der Waals surface area contributed by atoms with Gasteiger partial charge in [-0.2, -0.15) is 0 Å². The van der Waals surface area contributed by atoms with Gasteiger partial charge in [0, 0.05) is 5.54 Å². The van der Waals surface area contributed by atoms with Crippen LogP contribution in [-0.4, -0.2) is 12.1 Å². The normalized spacial score (nSPS) is 14.0. The van der Waals surface area contributed by atoms with Crippen molar-refractivity contribution < 1.29 is 0 Å². The van der Waals surface area contributed by atoms with Crippen molar-refractivity contribution >= 4 is 0 Å². The maximum absolute atomic E-state index is 3.46. The molecule has 0 amide bonds. The highest BCUT2D eigenvalue weighted by molar-refractivity contribution is 4.92. The lowest BCUT2D eigenvalue weighted by Gasteiger charge is -2.20. The van der Waals surface area contributed by atoms with E-state index >= 15 is 0 Å². The van der Waals surface area contributed by atoms with E-state index in [4.69, 9.17) is 0 Å². The molecular formula is C12H25N. The summed E-state index contributed by atoms with van der Waals surface area (Å²) in [5.41, 5.74) is 0.567. The molecule has 1 N–H and O–H groups in total. The van der Waals surface area contributed by atoms with Crippen LogP contribution in [0.2, 0.25) is 0 Å². The third-order valence-corrected chi connectivity index (χ3v) is 1.58. The van der Waals surface area contributed by atoms with Gasteiger partial charge in [0.05, 0.1) is 0 Å². The van der Waals surface area contributed by atoms with Gasteiger partial charge in [-0.15, -0.1) is 0 Å². The van der Waals surface area contributed by atoms with Crippen molar-refractivity contribution in [2.24, 2.45) is 5.41 Å². The van der Waals surface area contributed by atoms with Crippen molar-refractivity contribution in [2.75, 3.05) is 6.54 Å². The predicted octanol–water partition coefficient (Wildman–Crippen LogP) is 3.37. The van der Waals surface area contributed by atoms with Gasteiger partial charge in [-0.05, 0) is 39.2 Å². The molecule has 1 nitrogen and oxygen atoms in total. The molecule has 0 spiro atoms. The second kappa shape index (κ2) is 4.80. The molecule has 0 saturated carbocycles. The van der Waals surface area contributed by atoms with E-state index in [1.807, 2.05) is 0 Å². The van der Waals surface area contributed by atoms with Crippen LogP contribution in [0.5, 0.6) is 0 Å². The van der Waals surface area contributed by atoms with Gasteiger partial charge in [-0.3, -0.25) is 0 Å². The molecule has 13 heavy (non-hydrogen) atoms. The monoisotopic (exact) mass is 183 g/mol. The minimum absolute atomic E-state index is 0.246. The first kappa shape index (κ1) is 12.7. The van der Waals surface area contributed by atoms with Crippen LogP contribution in [0.3, 0.4) is 0 Å². The average molecular weight is 183 g/mol. The molecule has 0 aromatic heterocycles. The number of hydrogen-bond acceptors (Lipinski definition) is 1. The molecule has 0 rings (SSSR count). The standard InChI is InChI=1S/C12H25N/c1-11(2,3)9-7-8-10-13-12(4,5)6/h7,9,13H,8,10H2,1-6H3. The molecule has 0 unspecified atom stereocenters. The highest BCUT2D eigenvalue weighted by Gasteiger charge is 2.07. The highest BCUT2D eigenvalue weighted by atomic mass is 14.9. The summed E-state index contributed by atoms with van der Waals surface area (Å²) >= 11 is 0. The molecule has 0 saturated heterocycles. The summed E-state index contributed by atoms with van der Waals surface area (Å²) in [7, 11) is 0. The summed E-state index contributed by atoms with van der Waals surface area (Å²) in [4.78, 5) is 0. The number of rotatable bonds is 3. The van der Waals surface area contributed by atoms with Crippen LogP contribution in [0.4, 0.5) is 0 Å². The van der Waals surface area contributed by atoms with Gasteiger partial charge >= 0.3 is 0 Å². The molecule has 0 aliphatic carbocycles. The topological polar surface area (TPSA) is 12.0 Å². The van der Waals surface area contributed by atoms with Crippen LogP contribution in [0, 0.1) is 5.41 Å². The van der Waals surface area contributed by atoms with E-state index in [0.717, 1.165) is 13.0 Å². The Hall–Kier alpha value is -0.300. The average Bonchev–Trinajstić information content (AvgIpc) is 1.81. The molecule has 78 valence electrons. The third-order valence-electron chi connectivity index (χ3n) is 1.58. The van der Waals surface area contributed by atoms with E-state index in [1.54, 1.807) is 0 Å². The Bertz CT molecular complexity index is 155. The molecule has 0 atom stereocenters. The van der Waals surface area contributed by atoms with Gasteiger partial charge in [0.25, 0.3) is 0 Å². The first-order valence-corrected chi connectivity index (χ1v) is 5.13. The minimum Gasteiger partial charge on any atom is -0.312 e. The summed E-state index contributed by atoms with van der Waals surface area (Å²) < 4.78 is 0. The maximum Gasteiger partial charge on any atom is 0.00966 e. The molecule has 1 heteroatoms. The first-order valence-electron chi connectivity index (χ1n) is 5.13. The molecule has 0 aromatic rings. The van der Waals surface area contributed by atoms with Gasteiger partial charge in [0.15, 0.2) is 0 Å². The summed E-state index contributed by atoms with van der Waals surface area (Å²) in [6.07, 6.45) is 5.66. The van der Waals surface area contributed by atoms with Gasteiger partial charge in [0.1, 0.15) is 0 Å². The fourth-order valence-electron chi connectivity index (χ4n) is 0.967. The van der Waals surface area contributed by atoms with Gasteiger partial charge in [0.2, 0.25) is 0 Å². The zero-order valence-corrected chi connectivity index (χ0v) is 10.1. The van der Waals surface area contributed by atoms with Crippen LogP contribution in [0.25, 0.3) is 0 Å². The molecule has 0 radical (unpaired) electrons. The van der Waals surface area contributed by atoms with Crippen LogP contribution in [0.1, 0.15) is 48.0 Å². The lowest BCUT2D eigenvalue weighted by molar-refractivity contribution is 0.430. The fraction of sp³-hybridized carbons (Fsp3) is 0.833. The van der Waals surface area contributed by atoms with Crippen molar-refractivity contribution in [3.8, 4) is 0 Å². The number of nitrogens with one attached hydrogen (secondary N) is 1. The largest absolute Gasteiger partial charge is 0.312 e. The predicted molar refractivity (Wildman–Crippen MR) is 61.0 cm³/mol. The zero-order chi connectivity index (χ0) is 10.5. The first-order chi connectivity index (χ1) is 5.71. The Morgan fingerprint density at radius 2 is 1.54 bits per heavy atom. The lowest BCUT2D eigenvalue weighted by atomic mass is 9.96. The minimum atomic E-state index is 0.246. The van der Waals surface area contributed by atoms with Gasteiger partial charge < -0.3 is 5.32 Å². The van der Waals surface area contributed by atoms with Crippen molar-refractivity contribution in [3.63, 3.8) is 0 Å². The molecule has 0 aromatic carbocycles. The lowest BCUT2D eigenvalue weighted by Crippen LogP contribution is -2.36. The Morgan fingerprint density at radius 3 is 1.92 bits per heavy atom. The SMILES string of the molecule is CC(C)(C)C=CCCNC(C)(C)C. The fourth-order valence-corrected chi connectivity index (χ4v) is 0.967. The molecular weight excluding hydrogens is 158 g/mol. The number of allylic oxidation sites excluding steroid dienone is 1. The Balaban J connectivity index is 3.53. The summed E-state index contributed by atoms with van der Waals surface area (Å²) in [6.45, 7) is 14.3. The van der Waals surface area contributed by atoms with Crippen LogP contribution >= 0.6 is 0 Å². The van der Waals surface area contributed by atoms with Crippen molar-refractivity contribution in [3.05, 3.63) is 12.2 Å². The summed E-state index contributed by atoms with van der Waals surface area (Å²) in [5.74, 6) is 0. The number of hydrogen-bond donors (Lipinski definition) is 1. The maximum atomic E-state index is 3.46. The van der Waals surface area contributed by atoms with Crippen molar-refractivity contribution in [2.45, 2.75) is 53.5 Å².